The Hall–Kier alpha value is -3.30. The summed E-state index contributed by atoms with van der Waals surface area (Å²) >= 11 is 0. The Kier molecular flexibility index (Phi) is 11.4. The predicted octanol–water partition coefficient (Wildman–Crippen LogP) is 4.46. The topological polar surface area (TPSA) is 144 Å². The second-order valence-corrected chi connectivity index (χ2v) is 11.3. The molecule has 3 amide bonds. The number of likely N-dealkylation sites (tertiary alicyclic amines) is 1. The second kappa shape index (κ2) is 14.0. The average Bonchev–Trinajstić information content (AvgIpc) is 2.83. The minimum atomic E-state index is -1.13. The largest absolute Gasteiger partial charge is 0.494 e. The van der Waals surface area contributed by atoms with Crippen LogP contribution in [0.1, 0.15) is 66.4 Å². The molecule has 0 spiro atoms. The Bertz CT molecular complexity index is 963. The number of carboxylic acid groups (broad SMARTS) is 1. The molecular weight excluding hydrogens is 488 g/mol. The van der Waals surface area contributed by atoms with Crippen LogP contribution in [0.15, 0.2) is 29.3 Å². The molecule has 0 unspecified atom stereocenters. The van der Waals surface area contributed by atoms with E-state index in [1.54, 1.807) is 49.9 Å². The van der Waals surface area contributed by atoms with Gasteiger partial charge < -0.3 is 30.5 Å². The van der Waals surface area contributed by atoms with Crippen LogP contribution in [0.2, 0.25) is 0 Å². The van der Waals surface area contributed by atoms with Crippen molar-refractivity contribution in [3.63, 3.8) is 0 Å². The van der Waals surface area contributed by atoms with Crippen molar-refractivity contribution in [3.8, 4) is 5.75 Å². The maximum atomic E-state index is 12.3. The van der Waals surface area contributed by atoms with Crippen LogP contribution < -0.4 is 15.8 Å². The maximum Gasteiger partial charge on any atom is 0.408 e. The molecule has 38 heavy (non-hydrogen) atoms. The summed E-state index contributed by atoms with van der Waals surface area (Å²) in [7, 11) is 0. The van der Waals surface area contributed by atoms with Crippen LogP contribution in [-0.2, 0) is 16.0 Å². The smallest absolute Gasteiger partial charge is 0.408 e. The van der Waals surface area contributed by atoms with Gasteiger partial charge in [-0.25, -0.2) is 14.4 Å². The van der Waals surface area contributed by atoms with Gasteiger partial charge in [-0.3, -0.25) is 0 Å². The fourth-order valence-electron chi connectivity index (χ4n) is 4.18. The van der Waals surface area contributed by atoms with Crippen molar-refractivity contribution >= 4 is 23.9 Å². The summed E-state index contributed by atoms with van der Waals surface area (Å²) in [4.78, 5) is 41.7. The quantitative estimate of drug-likeness (QED) is 0.298. The molecule has 0 bridgehead atoms. The molecular formula is C28H44N4O6. The highest BCUT2D eigenvalue weighted by atomic mass is 16.6. The van der Waals surface area contributed by atoms with Crippen LogP contribution in [-0.4, -0.2) is 65.3 Å². The Morgan fingerprint density at radius 3 is 2.26 bits per heavy atom. The number of carbonyl (C=O) groups is 3. The van der Waals surface area contributed by atoms with Gasteiger partial charge in [0.2, 0.25) is 0 Å². The van der Waals surface area contributed by atoms with Crippen molar-refractivity contribution in [1.82, 2.24) is 10.2 Å². The number of amides is 3. The van der Waals surface area contributed by atoms with E-state index in [1.165, 1.54) is 0 Å². The van der Waals surface area contributed by atoms with Crippen LogP contribution in [0.3, 0.4) is 0 Å². The fraction of sp³-hybridized carbons (Fsp3) is 0.643. The van der Waals surface area contributed by atoms with E-state index < -0.39 is 23.7 Å². The molecule has 0 aliphatic carbocycles. The van der Waals surface area contributed by atoms with E-state index in [0.29, 0.717) is 43.1 Å². The molecule has 1 fully saturated rings. The Balaban J connectivity index is 1.77. The molecule has 0 radical (unpaired) electrons. The van der Waals surface area contributed by atoms with Crippen LogP contribution in [0.5, 0.6) is 5.75 Å². The van der Waals surface area contributed by atoms with E-state index in [0.717, 1.165) is 24.8 Å². The first-order valence-electron chi connectivity index (χ1n) is 13.3. The number of nitrogens with one attached hydrogen (secondary N) is 1. The Labute approximate surface area is 226 Å². The number of ether oxygens (including phenoxy) is 2. The molecule has 1 aromatic carbocycles. The van der Waals surface area contributed by atoms with Gasteiger partial charge in [0.05, 0.1) is 6.61 Å². The fourth-order valence-corrected chi connectivity index (χ4v) is 4.18. The summed E-state index contributed by atoms with van der Waals surface area (Å²) in [6.07, 6.45) is 2.12. The van der Waals surface area contributed by atoms with Gasteiger partial charge >= 0.3 is 18.1 Å². The highest BCUT2D eigenvalue weighted by Crippen LogP contribution is 2.28. The third kappa shape index (κ3) is 10.6. The summed E-state index contributed by atoms with van der Waals surface area (Å²) in [6, 6.07) is 5.86. The van der Waals surface area contributed by atoms with Crippen molar-refractivity contribution in [2.45, 2.75) is 78.9 Å². The minimum absolute atomic E-state index is 0.0514. The summed E-state index contributed by atoms with van der Waals surface area (Å²) in [5, 5.41) is 11.9. The zero-order valence-electron chi connectivity index (χ0n) is 23.5. The number of urea groups is 1. The molecule has 1 aliphatic rings. The van der Waals surface area contributed by atoms with Gasteiger partial charge in [-0.1, -0.05) is 32.9 Å². The molecule has 4 N–H and O–H groups in total. The minimum Gasteiger partial charge on any atom is -0.494 e. The number of alkyl carbamates (subject to hydrolysis) is 1. The van der Waals surface area contributed by atoms with Gasteiger partial charge in [0.1, 0.15) is 23.2 Å². The second-order valence-electron chi connectivity index (χ2n) is 11.3. The number of nitrogens with zero attached hydrogens (tertiary/aromatic N) is 2. The zero-order chi connectivity index (χ0) is 28.5. The number of amidine groups is 1. The molecule has 10 nitrogen and oxygen atoms in total. The molecule has 212 valence electrons. The first-order valence-corrected chi connectivity index (χ1v) is 13.3. The summed E-state index contributed by atoms with van der Waals surface area (Å²) in [5.74, 6) is 0.958. The zero-order valence-corrected chi connectivity index (χ0v) is 23.5. The van der Waals surface area contributed by atoms with Gasteiger partial charge in [-0.05, 0) is 69.6 Å². The van der Waals surface area contributed by atoms with Gasteiger partial charge in [0.25, 0.3) is 0 Å². The number of nitrogens with two attached hydrogens (primary N) is 1. The Morgan fingerprint density at radius 1 is 1.13 bits per heavy atom. The lowest BCUT2D eigenvalue weighted by molar-refractivity contribution is -0.139. The highest BCUT2D eigenvalue weighted by Gasteiger charge is 2.27. The van der Waals surface area contributed by atoms with Crippen molar-refractivity contribution in [2.24, 2.45) is 28.5 Å². The van der Waals surface area contributed by atoms with Gasteiger partial charge in [-0.15, -0.1) is 0 Å². The number of hydrogen-bond donors (Lipinski definition) is 3. The third-order valence-corrected chi connectivity index (χ3v) is 6.63. The van der Waals surface area contributed by atoms with Crippen molar-refractivity contribution in [2.75, 3.05) is 19.7 Å². The number of rotatable bonds is 10. The van der Waals surface area contributed by atoms with Crippen LogP contribution in [0.25, 0.3) is 0 Å². The van der Waals surface area contributed by atoms with Gasteiger partial charge in [-0.2, -0.15) is 4.99 Å². The SMILES string of the molecule is CC(C)C(N)=NC(=O)N1CCC([C@H](C)CCOc2ccc(C[C@H](NC(=O)OC(C)(C)C)C(=O)O)cc2)CC1. The molecule has 2 atom stereocenters. The van der Waals surface area contributed by atoms with E-state index in [1.807, 2.05) is 13.8 Å². The Morgan fingerprint density at radius 2 is 1.74 bits per heavy atom. The maximum absolute atomic E-state index is 12.3. The summed E-state index contributed by atoms with van der Waals surface area (Å²) in [5.41, 5.74) is 5.87. The van der Waals surface area contributed by atoms with E-state index in [2.05, 4.69) is 17.2 Å². The van der Waals surface area contributed by atoms with E-state index in [9.17, 15) is 19.5 Å². The van der Waals surface area contributed by atoms with Crippen LogP contribution in [0, 0.1) is 17.8 Å². The monoisotopic (exact) mass is 532 g/mol. The molecule has 1 heterocycles. The summed E-state index contributed by atoms with van der Waals surface area (Å²) in [6.45, 7) is 13.1. The number of benzene rings is 1. The highest BCUT2D eigenvalue weighted by molar-refractivity contribution is 5.93. The number of hydrogen-bond acceptors (Lipinski definition) is 5. The third-order valence-electron chi connectivity index (χ3n) is 6.63. The molecule has 2 rings (SSSR count). The lowest BCUT2D eigenvalue weighted by atomic mass is 9.84. The van der Waals surface area contributed by atoms with Crippen molar-refractivity contribution in [1.29, 1.82) is 0 Å². The predicted molar refractivity (Wildman–Crippen MR) is 146 cm³/mol. The number of aliphatic carboxylic acids is 1. The van der Waals surface area contributed by atoms with Gasteiger partial charge in [0.15, 0.2) is 0 Å². The molecule has 1 aliphatic heterocycles. The normalized spacial score (nSPS) is 16.6. The molecule has 0 aromatic heterocycles. The van der Waals surface area contributed by atoms with Crippen LogP contribution in [0.4, 0.5) is 9.59 Å². The number of carboxylic acids is 1. The van der Waals surface area contributed by atoms with Crippen LogP contribution >= 0.6 is 0 Å². The molecule has 1 aromatic rings. The van der Waals surface area contributed by atoms with Gasteiger partial charge in [0, 0.05) is 25.4 Å². The molecule has 0 saturated carbocycles. The average molecular weight is 533 g/mol. The van der Waals surface area contributed by atoms with Crippen molar-refractivity contribution < 1.29 is 29.0 Å². The number of piperidine rings is 1. The number of aliphatic imine (C=N–C) groups is 1. The molecule has 1 saturated heterocycles. The van der Waals surface area contributed by atoms with E-state index in [-0.39, 0.29) is 18.4 Å². The van der Waals surface area contributed by atoms with E-state index in [4.69, 9.17) is 15.2 Å². The lowest BCUT2D eigenvalue weighted by Crippen LogP contribution is -2.44. The van der Waals surface area contributed by atoms with Crippen molar-refractivity contribution in [3.05, 3.63) is 29.8 Å². The summed E-state index contributed by atoms with van der Waals surface area (Å²) < 4.78 is 11.1. The number of carbonyl (C=O) groups excluding carboxylic acids is 2. The lowest BCUT2D eigenvalue weighted by Gasteiger charge is -2.34. The molecule has 10 heteroatoms. The van der Waals surface area contributed by atoms with E-state index >= 15 is 0 Å². The first-order chi connectivity index (χ1) is 17.7. The standard InChI is InChI=1S/C28H44N4O6/c1-18(2)24(29)31-26(35)32-14-11-21(12-15-32)19(3)13-16-37-22-9-7-20(8-10-22)17-23(25(33)34)30-27(36)38-28(4,5)6/h7-10,18-19,21,23H,11-17H2,1-6H3,(H,30,36)(H,33,34)(H2,29,31,35)/t19-,23+/m1/s1. The first kappa shape index (κ1) is 30.9.